The molecule has 0 saturated heterocycles. The second kappa shape index (κ2) is 4.57. The summed E-state index contributed by atoms with van der Waals surface area (Å²) in [5.74, 6) is 0.539. The van der Waals surface area contributed by atoms with Crippen molar-refractivity contribution in [3.8, 4) is 5.75 Å². The van der Waals surface area contributed by atoms with Gasteiger partial charge in [-0.3, -0.25) is 4.79 Å². The summed E-state index contributed by atoms with van der Waals surface area (Å²) in [5, 5.41) is 0. The van der Waals surface area contributed by atoms with Crippen LogP contribution >= 0.6 is 15.9 Å². The van der Waals surface area contributed by atoms with Crippen LogP contribution in [-0.2, 0) is 4.79 Å². The van der Waals surface area contributed by atoms with Crippen molar-refractivity contribution in [2.24, 2.45) is 5.73 Å². The highest BCUT2D eigenvalue weighted by atomic mass is 79.9. The molecule has 3 nitrogen and oxygen atoms in total. The topological polar surface area (TPSA) is 52.3 Å². The van der Waals surface area contributed by atoms with Crippen LogP contribution in [0.4, 0.5) is 0 Å². The van der Waals surface area contributed by atoms with Crippen LogP contribution in [-0.4, -0.2) is 12.9 Å². The number of hydrogen-bond acceptors (Lipinski definition) is 3. The van der Waals surface area contributed by atoms with Crippen molar-refractivity contribution >= 4 is 21.7 Å². The lowest BCUT2D eigenvalue weighted by atomic mass is 10.0. The molecule has 76 valence electrons. The van der Waals surface area contributed by atoms with Gasteiger partial charge in [-0.1, -0.05) is 22.0 Å². The van der Waals surface area contributed by atoms with Gasteiger partial charge in [0.25, 0.3) is 0 Å². The van der Waals surface area contributed by atoms with Gasteiger partial charge in [0.1, 0.15) is 5.75 Å². The van der Waals surface area contributed by atoms with Gasteiger partial charge in [-0.25, -0.2) is 0 Å². The Morgan fingerprint density at radius 3 is 2.71 bits per heavy atom. The molecule has 0 heterocycles. The number of ether oxygens (including phenoxy) is 1. The molecule has 0 saturated carbocycles. The Labute approximate surface area is 91.4 Å². The SMILES string of the molecule is COc1cccc(Br)c1C(N)C(C)=O. The first-order valence-corrected chi connectivity index (χ1v) is 4.95. The van der Waals surface area contributed by atoms with E-state index in [0.717, 1.165) is 4.47 Å². The van der Waals surface area contributed by atoms with E-state index in [2.05, 4.69) is 15.9 Å². The van der Waals surface area contributed by atoms with Gasteiger partial charge in [-0.15, -0.1) is 0 Å². The third-order valence-corrected chi connectivity index (χ3v) is 2.67. The Hall–Kier alpha value is -0.870. The summed E-state index contributed by atoms with van der Waals surface area (Å²) in [4.78, 5) is 11.2. The van der Waals surface area contributed by atoms with E-state index < -0.39 is 6.04 Å². The molecule has 1 aromatic carbocycles. The Bertz CT molecular complexity index is 352. The van der Waals surface area contributed by atoms with Crippen LogP contribution in [0.1, 0.15) is 18.5 Å². The first-order chi connectivity index (χ1) is 6.57. The third-order valence-electron chi connectivity index (χ3n) is 1.98. The van der Waals surface area contributed by atoms with E-state index in [-0.39, 0.29) is 5.78 Å². The molecule has 2 N–H and O–H groups in total. The highest BCUT2D eigenvalue weighted by Gasteiger charge is 2.18. The number of Topliss-reactive ketones (excluding diaryl/α,β-unsaturated/α-hetero) is 1. The van der Waals surface area contributed by atoms with Gasteiger partial charge in [-0.05, 0) is 19.1 Å². The van der Waals surface area contributed by atoms with E-state index in [1.54, 1.807) is 13.2 Å². The van der Waals surface area contributed by atoms with E-state index >= 15 is 0 Å². The van der Waals surface area contributed by atoms with Gasteiger partial charge in [0, 0.05) is 10.0 Å². The number of benzene rings is 1. The summed E-state index contributed by atoms with van der Waals surface area (Å²) in [6.45, 7) is 1.46. The van der Waals surface area contributed by atoms with Crippen LogP contribution in [0.5, 0.6) is 5.75 Å². The molecule has 0 radical (unpaired) electrons. The summed E-state index contributed by atoms with van der Waals surface area (Å²) in [6.07, 6.45) is 0. The summed E-state index contributed by atoms with van der Waals surface area (Å²) < 4.78 is 5.93. The molecule has 0 spiro atoms. The van der Waals surface area contributed by atoms with E-state index in [4.69, 9.17) is 10.5 Å². The third kappa shape index (κ3) is 2.13. The normalized spacial score (nSPS) is 12.3. The van der Waals surface area contributed by atoms with Crippen LogP contribution in [0, 0.1) is 0 Å². The Balaban J connectivity index is 3.23. The molecule has 0 aliphatic carbocycles. The average molecular weight is 258 g/mol. The summed E-state index contributed by atoms with van der Waals surface area (Å²) >= 11 is 3.34. The predicted octanol–water partition coefficient (Wildman–Crippen LogP) is 2.05. The minimum absolute atomic E-state index is 0.0878. The zero-order chi connectivity index (χ0) is 10.7. The van der Waals surface area contributed by atoms with Crippen LogP contribution in [0.25, 0.3) is 0 Å². The van der Waals surface area contributed by atoms with Gasteiger partial charge in [0.05, 0.1) is 13.2 Å². The lowest BCUT2D eigenvalue weighted by Gasteiger charge is -2.14. The fourth-order valence-electron chi connectivity index (χ4n) is 1.20. The predicted molar refractivity (Wildman–Crippen MR) is 58.3 cm³/mol. The average Bonchev–Trinajstić information content (AvgIpc) is 2.16. The Kier molecular flexibility index (Phi) is 3.66. The number of ketones is 1. The molecule has 0 fully saturated rings. The lowest BCUT2D eigenvalue weighted by molar-refractivity contribution is -0.118. The van der Waals surface area contributed by atoms with Crippen molar-refractivity contribution in [2.75, 3.05) is 7.11 Å². The molecule has 0 aromatic heterocycles. The minimum Gasteiger partial charge on any atom is -0.496 e. The quantitative estimate of drug-likeness (QED) is 0.902. The first-order valence-electron chi connectivity index (χ1n) is 4.16. The maximum atomic E-state index is 11.2. The van der Waals surface area contributed by atoms with Crippen LogP contribution < -0.4 is 10.5 Å². The number of nitrogens with two attached hydrogens (primary N) is 1. The van der Waals surface area contributed by atoms with Crippen molar-refractivity contribution in [3.63, 3.8) is 0 Å². The van der Waals surface area contributed by atoms with Gasteiger partial charge in [-0.2, -0.15) is 0 Å². The number of carbonyl (C=O) groups excluding carboxylic acids is 1. The Morgan fingerprint density at radius 2 is 2.21 bits per heavy atom. The van der Waals surface area contributed by atoms with Crippen molar-refractivity contribution in [1.82, 2.24) is 0 Å². The van der Waals surface area contributed by atoms with Crippen LogP contribution in [0.2, 0.25) is 0 Å². The smallest absolute Gasteiger partial charge is 0.151 e. The zero-order valence-electron chi connectivity index (χ0n) is 8.08. The van der Waals surface area contributed by atoms with Crippen LogP contribution in [0.3, 0.4) is 0 Å². The van der Waals surface area contributed by atoms with Crippen molar-refractivity contribution < 1.29 is 9.53 Å². The fourth-order valence-corrected chi connectivity index (χ4v) is 1.79. The Morgan fingerprint density at radius 1 is 1.57 bits per heavy atom. The van der Waals surface area contributed by atoms with Gasteiger partial charge >= 0.3 is 0 Å². The van der Waals surface area contributed by atoms with Crippen molar-refractivity contribution in [1.29, 1.82) is 0 Å². The minimum atomic E-state index is -0.638. The zero-order valence-corrected chi connectivity index (χ0v) is 9.67. The van der Waals surface area contributed by atoms with Crippen LogP contribution in [0.15, 0.2) is 22.7 Å². The van der Waals surface area contributed by atoms with E-state index in [1.165, 1.54) is 6.92 Å². The number of halogens is 1. The molecule has 1 rings (SSSR count). The summed E-state index contributed by atoms with van der Waals surface area (Å²) in [5.41, 5.74) is 6.45. The molecule has 0 aliphatic heterocycles. The second-order valence-electron chi connectivity index (χ2n) is 2.94. The maximum absolute atomic E-state index is 11.2. The second-order valence-corrected chi connectivity index (χ2v) is 3.80. The van der Waals surface area contributed by atoms with E-state index in [0.29, 0.717) is 11.3 Å². The van der Waals surface area contributed by atoms with Crippen molar-refractivity contribution in [3.05, 3.63) is 28.2 Å². The summed E-state index contributed by atoms with van der Waals surface area (Å²) in [7, 11) is 1.55. The van der Waals surface area contributed by atoms with E-state index in [9.17, 15) is 4.79 Å². The molecular weight excluding hydrogens is 246 g/mol. The largest absolute Gasteiger partial charge is 0.496 e. The van der Waals surface area contributed by atoms with Gasteiger partial charge < -0.3 is 10.5 Å². The van der Waals surface area contributed by atoms with Gasteiger partial charge in [0.2, 0.25) is 0 Å². The number of hydrogen-bond donors (Lipinski definition) is 1. The number of methoxy groups -OCH3 is 1. The highest BCUT2D eigenvalue weighted by Crippen LogP contribution is 2.31. The first kappa shape index (κ1) is 11.2. The molecule has 0 bridgehead atoms. The van der Waals surface area contributed by atoms with Gasteiger partial charge in [0.15, 0.2) is 5.78 Å². The molecule has 4 heteroatoms. The summed E-state index contributed by atoms with van der Waals surface area (Å²) in [6, 6.07) is 4.81. The number of rotatable bonds is 3. The van der Waals surface area contributed by atoms with Crippen molar-refractivity contribution in [2.45, 2.75) is 13.0 Å². The molecule has 0 amide bonds. The molecule has 14 heavy (non-hydrogen) atoms. The molecule has 0 aliphatic rings. The molecule has 1 unspecified atom stereocenters. The molecular formula is C10H12BrNO2. The number of carbonyl (C=O) groups is 1. The maximum Gasteiger partial charge on any atom is 0.151 e. The fraction of sp³-hybridized carbons (Fsp3) is 0.300. The standard InChI is InChI=1S/C10H12BrNO2/c1-6(13)10(12)9-7(11)4-3-5-8(9)14-2/h3-5,10H,12H2,1-2H3. The molecule has 1 aromatic rings. The lowest BCUT2D eigenvalue weighted by Crippen LogP contribution is -2.19. The monoisotopic (exact) mass is 257 g/mol. The van der Waals surface area contributed by atoms with E-state index in [1.807, 2.05) is 12.1 Å². The highest BCUT2D eigenvalue weighted by molar-refractivity contribution is 9.10. The molecule has 1 atom stereocenters.